The van der Waals surface area contributed by atoms with Crippen LogP contribution in [0.4, 0.5) is 0 Å². The average molecular weight is 415 g/mol. The molecule has 9 heteroatoms. The van der Waals surface area contributed by atoms with Gasteiger partial charge in [-0.2, -0.15) is 0 Å². The van der Waals surface area contributed by atoms with E-state index in [1.807, 2.05) is 6.92 Å². The van der Waals surface area contributed by atoms with Crippen molar-refractivity contribution in [1.29, 1.82) is 0 Å². The number of aliphatic hydroxyl groups is 1. The first-order valence-corrected chi connectivity index (χ1v) is 10.1. The molecule has 3 rings (SSSR count). The summed E-state index contributed by atoms with van der Waals surface area (Å²) in [6.07, 6.45) is 3.13. The van der Waals surface area contributed by atoms with Crippen molar-refractivity contribution in [3.05, 3.63) is 58.1 Å². The lowest BCUT2D eigenvalue weighted by Crippen LogP contribution is -2.48. The number of hydroxylamine groups is 1. The van der Waals surface area contributed by atoms with Crippen molar-refractivity contribution < 1.29 is 24.7 Å². The number of rotatable bonds is 7. The van der Waals surface area contributed by atoms with Gasteiger partial charge in [0.05, 0.1) is 5.57 Å². The molecule has 1 saturated heterocycles. The van der Waals surface area contributed by atoms with Crippen molar-refractivity contribution in [3.63, 3.8) is 0 Å². The first-order chi connectivity index (χ1) is 14.0. The van der Waals surface area contributed by atoms with Crippen LogP contribution >= 0.6 is 11.3 Å². The van der Waals surface area contributed by atoms with E-state index in [1.54, 1.807) is 41.2 Å². The van der Waals surface area contributed by atoms with Gasteiger partial charge in [0.25, 0.3) is 17.6 Å². The number of aliphatic hydroxyl groups excluding tert-OH is 1. The zero-order valence-corrected chi connectivity index (χ0v) is 16.6. The number of nitrogens with zero attached hydrogens (tertiary/aromatic N) is 2. The van der Waals surface area contributed by atoms with Crippen molar-refractivity contribution >= 4 is 34.7 Å². The summed E-state index contributed by atoms with van der Waals surface area (Å²) in [6.45, 7) is 1.93. The molecule has 2 aromatic rings. The predicted octanol–water partition coefficient (Wildman–Crippen LogP) is 2.63. The maximum atomic E-state index is 12.9. The minimum atomic E-state index is -1.08. The molecule has 2 atom stereocenters. The molecule has 3 N–H and O–H groups in total. The number of hydrogen-bond acceptors (Lipinski definition) is 7. The van der Waals surface area contributed by atoms with Crippen molar-refractivity contribution in [1.82, 2.24) is 15.4 Å². The highest BCUT2D eigenvalue weighted by Crippen LogP contribution is 2.41. The summed E-state index contributed by atoms with van der Waals surface area (Å²) in [7, 11) is 0. The van der Waals surface area contributed by atoms with E-state index in [2.05, 4.69) is 4.98 Å². The highest BCUT2D eigenvalue weighted by molar-refractivity contribution is 7.09. The third-order valence-electron chi connectivity index (χ3n) is 4.79. The fourth-order valence-electron chi connectivity index (χ4n) is 3.40. The van der Waals surface area contributed by atoms with Gasteiger partial charge in [0.2, 0.25) is 0 Å². The number of ketones is 1. The summed E-state index contributed by atoms with van der Waals surface area (Å²) < 4.78 is 0. The Bertz CT molecular complexity index is 927. The monoisotopic (exact) mass is 415 g/mol. The molecule has 1 aromatic heterocycles. The van der Waals surface area contributed by atoms with E-state index in [1.165, 1.54) is 17.5 Å². The first-order valence-electron chi connectivity index (χ1n) is 9.20. The molecule has 29 heavy (non-hydrogen) atoms. The molecule has 1 aromatic carbocycles. The van der Waals surface area contributed by atoms with Crippen LogP contribution in [0.5, 0.6) is 0 Å². The molecule has 0 aliphatic carbocycles. The molecule has 152 valence electrons. The maximum Gasteiger partial charge on any atom is 0.296 e. The van der Waals surface area contributed by atoms with Gasteiger partial charge in [0.1, 0.15) is 22.9 Å². The normalized spacial score (nSPS) is 19.4. The van der Waals surface area contributed by atoms with E-state index < -0.39 is 29.7 Å². The minimum Gasteiger partial charge on any atom is -0.507 e. The SMILES string of the molecule is CCCCC(C(=O)NO)N1C(=O)C(=O)/C(=C(/O)c2ccccc2)C1c1nccs1. The average Bonchev–Trinajstić information content (AvgIpc) is 3.36. The number of likely N-dealkylation sites (tertiary alicyclic amines) is 1. The Balaban J connectivity index is 2.17. The van der Waals surface area contributed by atoms with E-state index in [9.17, 15) is 24.7 Å². The Labute approximate surface area is 171 Å². The van der Waals surface area contributed by atoms with Crippen LogP contribution in [0.1, 0.15) is 42.8 Å². The largest absolute Gasteiger partial charge is 0.507 e. The molecule has 2 amide bonds. The molecule has 0 saturated carbocycles. The number of aromatic nitrogens is 1. The van der Waals surface area contributed by atoms with Gasteiger partial charge in [-0.25, -0.2) is 10.5 Å². The second-order valence-corrected chi connectivity index (χ2v) is 7.50. The number of amides is 2. The number of nitrogens with one attached hydrogen (secondary N) is 1. The van der Waals surface area contributed by atoms with E-state index in [4.69, 9.17) is 0 Å². The molecule has 0 spiro atoms. The molecule has 8 nitrogen and oxygen atoms in total. The predicted molar refractivity (Wildman–Crippen MR) is 106 cm³/mol. The number of thiazole rings is 1. The van der Waals surface area contributed by atoms with Crippen LogP contribution < -0.4 is 5.48 Å². The van der Waals surface area contributed by atoms with Crippen LogP contribution in [-0.2, 0) is 14.4 Å². The molecular formula is C20H21N3O5S. The topological polar surface area (TPSA) is 120 Å². The number of unbranched alkanes of at least 4 members (excludes halogenated alkanes) is 1. The van der Waals surface area contributed by atoms with Gasteiger partial charge in [-0.3, -0.25) is 19.6 Å². The van der Waals surface area contributed by atoms with Gasteiger partial charge in [0.15, 0.2) is 0 Å². The van der Waals surface area contributed by atoms with E-state index in [0.717, 1.165) is 11.3 Å². The van der Waals surface area contributed by atoms with Gasteiger partial charge in [0, 0.05) is 17.1 Å². The highest BCUT2D eigenvalue weighted by Gasteiger charge is 2.51. The van der Waals surface area contributed by atoms with E-state index in [-0.39, 0.29) is 17.8 Å². The number of hydrogen-bond donors (Lipinski definition) is 3. The van der Waals surface area contributed by atoms with Gasteiger partial charge in [-0.15, -0.1) is 11.3 Å². The smallest absolute Gasteiger partial charge is 0.296 e. The van der Waals surface area contributed by atoms with Crippen LogP contribution in [0.3, 0.4) is 0 Å². The van der Waals surface area contributed by atoms with Crippen molar-refractivity contribution in [2.45, 2.75) is 38.3 Å². The molecule has 0 radical (unpaired) electrons. The second kappa shape index (κ2) is 8.97. The number of carbonyl (C=O) groups excluding carboxylic acids is 3. The van der Waals surface area contributed by atoms with Crippen LogP contribution in [0, 0.1) is 0 Å². The third kappa shape index (κ3) is 3.92. The molecule has 2 heterocycles. The summed E-state index contributed by atoms with van der Waals surface area (Å²) in [5, 5.41) is 22.1. The van der Waals surface area contributed by atoms with Gasteiger partial charge < -0.3 is 10.0 Å². The van der Waals surface area contributed by atoms with Crippen LogP contribution in [0.2, 0.25) is 0 Å². The first kappa shape index (κ1) is 20.7. The van der Waals surface area contributed by atoms with Crippen LogP contribution in [0.25, 0.3) is 5.76 Å². The second-order valence-electron chi connectivity index (χ2n) is 6.58. The quantitative estimate of drug-likeness (QED) is 0.210. The fourth-order valence-corrected chi connectivity index (χ4v) is 4.15. The molecule has 1 fully saturated rings. The Kier molecular flexibility index (Phi) is 6.40. The van der Waals surface area contributed by atoms with E-state index in [0.29, 0.717) is 17.0 Å². The standard InChI is InChI=1S/C20H21N3O5S/c1-2-3-9-13(18(26)22-28)23-15(19-21-10-11-29-19)14(17(25)20(23)27)16(24)12-7-5-4-6-8-12/h4-8,10-11,13,15,24,28H,2-3,9H2,1H3,(H,22,26)/b16-14+. The number of Topliss-reactive ketones (excluding diaryl/α,β-unsaturated/α-hetero) is 1. The molecule has 1 aliphatic heterocycles. The van der Waals surface area contributed by atoms with Gasteiger partial charge in [-0.05, 0) is 6.42 Å². The Morgan fingerprint density at radius 2 is 2.03 bits per heavy atom. The van der Waals surface area contributed by atoms with Gasteiger partial charge >= 0.3 is 0 Å². The van der Waals surface area contributed by atoms with Gasteiger partial charge in [-0.1, -0.05) is 50.1 Å². The minimum absolute atomic E-state index is 0.122. The molecular weight excluding hydrogens is 394 g/mol. The maximum absolute atomic E-state index is 12.9. The third-order valence-corrected chi connectivity index (χ3v) is 5.62. The summed E-state index contributed by atoms with van der Waals surface area (Å²) >= 11 is 1.21. The Hall–Kier alpha value is -3.04. The fraction of sp³-hybridized carbons (Fsp3) is 0.300. The summed E-state index contributed by atoms with van der Waals surface area (Å²) in [4.78, 5) is 43.5. The molecule has 1 aliphatic rings. The number of benzene rings is 1. The molecule has 2 unspecified atom stereocenters. The van der Waals surface area contributed by atoms with Crippen LogP contribution in [-0.4, -0.2) is 43.8 Å². The lowest BCUT2D eigenvalue weighted by molar-refractivity contribution is -0.147. The van der Waals surface area contributed by atoms with Crippen molar-refractivity contribution in [2.75, 3.05) is 0 Å². The summed E-state index contributed by atoms with van der Waals surface area (Å²) in [5.74, 6) is -2.92. The summed E-state index contributed by atoms with van der Waals surface area (Å²) in [5.41, 5.74) is 1.84. The lowest BCUT2D eigenvalue weighted by Gasteiger charge is -2.30. The lowest BCUT2D eigenvalue weighted by atomic mass is 10.00. The van der Waals surface area contributed by atoms with Crippen LogP contribution in [0.15, 0.2) is 47.5 Å². The van der Waals surface area contributed by atoms with Crippen molar-refractivity contribution in [3.8, 4) is 0 Å². The summed E-state index contributed by atoms with van der Waals surface area (Å²) in [6, 6.07) is 6.31. The Morgan fingerprint density at radius 3 is 2.62 bits per heavy atom. The van der Waals surface area contributed by atoms with E-state index >= 15 is 0 Å². The molecule has 0 bridgehead atoms. The Morgan fingerprint density at radius 1 is 1.31 bits per heavy atom. The highest BCUT2D eigenvalue weighted by atomic mass is 32.1. The zero-order chi connectivity index (χ0) is 21.0. The van der Waals surface area contributed by atoms with Crippen molar-refractivity contribution in [2.24, 2.45) is 0 Å². The zero-order valence-electron chi connectivity index (χ0n) is 15.7. The number of carbonyl (C=O) groups is 3.